The van der Waals surface area contributed by atoms with E-state index in [1.54, 1.807) is 18.2 Å². The number of nitrogens with one attached hydrogen (secondary N) is 2. The lowest BCUT2D eigenvalue weighted by Gasteiger charge is -2.09. The highest BCUT2D eigenvalue weighted by molar-refractivity contribution is 9.10. The summed E-state index contributed by atoms with van der Waals surface area (Å²) in [5, 5.41) is 5.95. The molecule has 0 aliphatic carbocycles. The molecule has 0 spiro atoms. The van der Waals surface area contributed by atoms with Crippen molar-refractivity contribution in [2.75, 3.05) is 17.2 Å². The second-order valence-corrected chi connectivity index (χ2v) is 7.60. The molecule has 0 radical (unpaired) electrons. The predicted molar refractivity (Wildman–Crippen MR) is 113 cm³/mol. The minimum absolute atomic E-state index is 0.0566. The van der Waals surface area contributed by atoms with Crippen LogP contribution in [0.2, 0.25) is 10.0 Å². The van der Waals surface area contributed by atoms with Crippen molar-refractivity contribution in [1.29, 1.82) is 0 Å². The molecule has 2 aromatic rings. The van der Waals surface area contributed by atoms with Crippen LogP contribution in [0.5, 0.6) is 0 Å². The molecule has 0 saturated carbocycles. The monoisotopic (exact) mass is 486 g/mol. The Morgan fingerprint density at radius 2 is 1.64 bits per heavy atom. The molecule has 6 nitrogen and oxygen atoms in total. The highest BCUT2D eigenvalue weighted by atomic mass is 79.9. The maximum atomic E-state index is 12.0. The van der Waals surface area contributed by atoms with Gasteiger partial charge in [-0.3, -0.25) is 14.4 Å². The number of amides is 2. The van der Waals surface area contributed by atoms with Crippen LogP contribution in [-0.4, -0.2) is 24.4 Å². The van der Waals surface area contributed by atoms with E-state index in [1.165, 1.54) is 6.07 Å². The lowest BCUT2D eigenvalue weighted by Crippen LogP contribution is -2.22. The SMILES string of the molecule is Cc1cc(Br)ccc1NC(=O)CCC(=O)OCC(=O)Nc1ccc(Cl)cc1Cl. The summed E-state index contributed by atoms with van der Waals surface area (Å²) in [6.45, 7) is 1.38. The lowest BCUT2D eigenvalue weighted by molar-refractivity contribution is -0.147. The molecular formula is C19H17BrCl2N2O4. The number of rotatable bonds is 7. The number of benzene rings is 2. The molecule has 148 valence electrons. The minimum Gasteiger partial charge on any atom is -0.456 e. The summed E-state index contributed by atoms with van der Waals surface area (Å²) in [5.41, 5.74) is 1.92. The molecule has 2 rings (SSSR count). The number of carbonyl (C=O) groups is 3. The van der Waals surface area contributed by atoms with E-state index < -0.39 is 18.5 Å². The fraction of sp³-hybridized carbons (Fsp3) is 0.211. The van der Waals surface area contributed by atoms with Gasteiger partial charge in [0.2, 0.25) is 5.91 Å². The van der Waals surface area contributed by atoms with Crippen LogP contribution in [0.3, 0.4) is 0 Å². The Kier molecular flexibility index (Phi) is 8.29. The average molecular weight is 488 g/mol. The van der Waals surface area contributed by atoms with Gasteiger partial charge >= 0.3 is 5.97 Å². The van der Waals surface area contributed by atoms with E-state index in [9.17, 15) is 14.4 Å². The Bertz CT molecular complexity index is 834. The van der Waals surface area contributed by atoms with Gasteiger partial charge in [0.15, 0.2) is 6.61 Å². The number of ether oxygens (including phenoxy) is 1. The normalized spacial score (nSPS) is 10.3. The Hall–Kier alpha value is -2.09. The molecule has 9 heteroatoms. The van der Waals surface area contributed by atoms with Crippen LogP contribution < -0.4 is 10.6 Å². The number of esters is 1. The largest absolute Gasteiger partial charge is 0.456 e. The van der Waals surface area contributed by atoms with E-state index in [2.05, 4.69) is 26.6 Å². The first-order chi connectivity index (χ1) is 13.2. The minimum atomic E-state index is -0.653. The summed E-state index contributed by atoms with van der Waals surface area (Å²) >= 11 is 15.1. The summed E-state index contributed by atoms with van der Waals surface area (Å²) in [6, 6.07) is 10.0. The van der Waals surface area contributed by atoms with Crippen LogP contribution >= 0.6 is 39.1 Å². The van der Waals surface area contributed by atoms with Crippen molar-refractivity contribution in [2.24, 2.45) is 0 Å². The first kappa shape index (κ1) is 22.2. The lowest BCUT2D eigenvalue weighted by atomic mass is 10.2. The van der Waals surface area contributed by atoms with E-state index in [0.717, 1.165) is 10.0 Å². The van der Waals surface area contributed by atoms with E-state index in [-0.39, 0.29) is 23.8 Å². The van der Waals surface area contributed by atoms with Gasteiger partial charge in [-0.15, -0.1) is 0 Å². The third-order valence-corrected chi connectivity index (χ3v) is 4.63. The van der Waals surface area contributed by atoms with Gasteiger partial charge in [0, 0.05) is 21.6 Å². The van der Waals surface area contributed by atoms with Crippen molar-refractivity contribution in [2.45, 2.75) is 19.8 Å². The average Bonchev–Trinajstić information content (AvgIpc) is 2.63. The number of aryl methyl sites for hydroxylation is 1. The number of carbonyl (C=O) groups excluding carboxylic acids is 3. The zero-order chi connectivity index (χ0) is 20.7. The molecule has 0 fully saturated rings. The third-order valence-electron chi connectivity index (χ3n) is 3.59. The molecule has 0 bridgehead atoms. The van der Waals surface area contributed by atoms with Crippen molar-refractivity contribution in [3.63, 3.8) is 0 Å². The van der Waals surface area contributed by atoms with Gasteiger partial charge in [0.05, 0.1) is 17.1 Å². The molecule has 0 aliphatic rings. The maximum absolute atomic E-state index is 12.0. The van der Waals surface area contributed by atoms with Crippen LogP contribution in [0.1, 0.15) is 18.4 Å². The van der Waals surface area contributed by atoms with Gasteiger partial charge in [0.25, 0.3) is 5.91 Å². The number of halogens is 3. The van der Waals surface area contributed by atoms with Gasteiger partial charge < -0.3 is 15.4 Å². The van der Waals surface area contributed by atoms with E-state index in [0.29, 0.717) is 16.4 Å². The summed E-state index contributed by atoms with van der Waals surface area (Å²) in [4.78, 5) is 35.5. The topological polar surface area (TPSA) is 84.5 Å². The summed E-state index contributed by atoms with van der Waals surface area (Å²) in [6.07, 6.45) is -0.199. The molecule has 0 aromatic heterocycles. The maximum Gasteiger partial charge on any atom is 0.306 e. The van der Waals surface area contributed by atoms with Crippen molar-refractivity contribution in [1.82, 2.24) is 0 Å². The summed E-state index contributed by atoms with van der Waals surface area (Å²) < 4.78 is 5.78. The molecule has 0 heterocycles. The second-order valence-electron chi connectivity index (χ2n) is 5.84. The summed E-state index contributed by atoms with van der Waals surface area (Å²) in [7, 11) is 0. The number of hydrogen-bond donors (Lipinski definition) is 2. The molecule has 0 saturated heterocycles. The zero-order valence-corrected chi connectivity index (χ0v) is 18.0. The fourth-order valence-corrected chi connectivity index (χ4v) is 3.12. The standard InChI is InChI=1S/C19H17BrCl2N2O4/c1-11-8-12(20)2-4-15(11)23-17(25)6-7-19(27)28-10-18(26)24-16-5-3-13(21)9-14(16)22/h2-5,8-9H,6-7,10H2,1H3,(H,23,25)(H,24,26). The second kappa shape index (κ2) is 10.5. The van der Waals surface area contributed by atoms with Crippen LogP contribution in [-0.2, 0) is 19.1 Å². The predicted octanol–water partition coefficient (Wildman–Crippen LogP) is 4.96. The van der Waals surface area contributed by atoms with Crippen LogP contribution in [0, 0.1) is 6.92 Å². The molecule has 0 unspecified atom stereocenters. The molecule has 2 amide bonds. The van der Waals surface area contributed by atoms with E-state index in [4.69, 9.17) is 27.9 Å². The van der Waals surface area contributed by atoms with E-state index >= 15 is 0 Å². The highest BCUT2D eigenvalue weighted by Crippen LogP contribution is 2.25. The van der Waals surface area contributed by atoms with Gasteiger partial charge in [-0.1, -0.05) is 39.1 Å². The van der Waals surface area contributed by atoms with Gasteiger partial charge in [-0.05, 0) is 48.9 Å². The number of anilines is 2. The van der Waals surface area contributed by atoms with Crippen LogP contribution in [0.15, 0.2) is 40.9 Å². The van der Waals surface area contributed by atoms with Gasteiger partial charge in [-0.25, -0.2) is 0 Å². The fourth-order valence-electron chi connectivity index (χ4n) is 2.19. The molecule has 2 N–H and O–H groups in total. The highest BCUT2D eigenvalue weighted by Gasteiger charge is 2.12. The quantitative estimate of drug-likeness (QED) is 0.540. The zero-order valence-electron chi connectivity index (χ0n) is 14.9. The molecule has 28 heavy (non-hydrogen) atoms. The first-order valence-corrected chi connectivity index (χ1v) is 9.76. The van der Waals surface area contributed by atoms with Crippen molar-refractivity contribution < 1.29 is 19.1 Å². The number of hydrogen-bond acceptors (Lipinski definition) is 4. The smallest absolute Gasteiger partial charge is 0.306 e. The van der Waals surface area contributed by atoms with Crippen molar-refractivity contribution in [3.8, 4) is 0 Å². The van der Waals surface area contributed by atoms with Crippen molar-refractivity contribution in [3.05, 3.63) is 56.5 Å². The van der Waals surface area contributed by atoms with Gasteiger partial charge in [-0.2, -0.15) is 0 Å². The summed E-state index contributed by atoms with van der Waals surface area (Å²) in [5.74, 6) is -1.52. The van der Waals surface area contributed by atoms with Crippen molar-refractivity contribution >= 4 is 68.3 Å². The van der Waals surface area contributed by atoms with E-state index in [1.807, 2.05) is 19.1 Å². The Labute approximate surface area is 180 Å². The molecule has 0 atom stereocenters. The Balaban J connectivity index is 1.73. The molecule has 2 aromatic carbocycles. The third kappa shape index (κ3) is 7.14. The van der Waals surface area contributed by atoms with Gasteiger partial charge in [0.1, 0.15) is 0 Å². The molecular weight excluding hydrogens is 471 g/mol. The molecule has 0 aliphatic heterocycles. The van der Waals surface area contributed by atoms with Crippen LogP contribution in [0.4, 0.5) is 11.4 Å². The van der Waals surface area contributed by atoms with Crippen LogP contribution in [0.25, 0.3) is 0 Å². The Morgan fingerprint density at radius 1 is 0.964 bits per heavy atom. The Morgan fingerprint density at radius 3 is 2.32 bits per heavy atom. The first-order valence-electron chi connectivity index (χ1n) is 8.21.